The number of hydrogen-bond acceptors (Lipinski definition) is 9. The van der Waals surface area contributed by atoms with Gasteiger partial charge in [-0.2, -0.15) is 20.1 Å². The van der Waals surface area contributed by atoms with E-state index in [-0.39, 0.29) is 5.69 Å². The molecule has 0 saturated carbocycles. The summed E-state index contributed by atoms with van der Waals surface area (Å²) in [6.07, 6.45) is 8.36. The molecule has 2 aliphatic heterocycles. The number of non-ortho nitro benzene ring substituents is 1. The van der Waals surface area contributed by atoms with E-state index in [9.17, 15) is 10.1 Å². The molecule has 1 aromatic carbocycles. The lowest BCUT2D eigenvalue weighted by molar-refractivity contribution is -0.384. The van der Waals surface area contributed by atoms with Crippen LogP contribution >= 0.6 is 11.6 Å². The second-order valence-electron chi connectivity index (χ2n) is 7.69. The minimum Gasteiger partial charge on any atom is -0.341 e. The highest BCUT2D eigenvalue weighted by Crippen LogP contribution is 2.23. The molecule has 10 nitrogen and oxygen atoms in total. The summed E-state index contributed by atoms with van der Waals surface area (Å²) in [7, 11) is 0. The normalized spacial score (nSPS) is 17.2. The van der Waals surface area contributed by atoms with Crippen LogP contribution in [0.5, 0.6) is 0 Å². The first-order chi connectivity index (χ1) is 15.1. The molecule has 0 aliphatic carbocycles. The van der Waals surface area contributed by atoms with Crippen LogP contribution in [0.1, 0.15) is 44.1 Å². The summed E-state index contributed by atoms with van der Waals surface area (Å²) < 4.78 is 0. The van der Waals surface area contributed by atoms with Crippen LogP contribution in [-0.2, 0) is 0 Å². The number of hydrazone groups is 1. The summed E-state index contributed by atoms with van der Waals surface area (Å²) in [5, 5.41) is 15.5. The average Bonchev–Trinajstić information content (AvgIpc) is 2.81. The van der Waals surface area contributed by atoms with Gasteiger partial charge in [-0.15, -0.1) is 0 Å². The molecule has 0 atom stereocenters. The lowest BCUT2D eigenvalue weighted by Gasteiger charge is -2.30. The highest BCUT2D eigenvalue weighted by Gasteiger charge is 2.20. The Hall–Kier alpha value is -3.01. The Labute approximate surface area is 185 Å². The summed E-state index contributed by atoms with van der Waals surface area (Å²) in [5.74, 6) is 1.65. The number of piperidine rings is 2. The Morgan fingerprint density at radius 2 is 1.55 bits per heavy atom. The Morgan fingerprint density at radius 3 is 2.10 bits per heavy atom. The Morgan fingerprint density at radius 1 is 0.968 bits per heavy atom. The van der Waals surface area contributed by atoms with Crippen molar-refractivity contribution in [3.05, 3.63) is 38.9 Å². The van der Waals surface area contributed by atoms with Gasteiger partial charge in [0.1, 0.15) is 0 Å². The maximum atomic E-state index is 11.0. The number of nitrogens with zero attached hydrogens (tertiary/aromatic N) is 7. The van der Waals surface area contributed by atoms with Gasteiger partial charge in [0, 0.05) is 48.9 Å². The number of benzene rings is 1. The van der Waals surface area contributed by atoms with Crippen molar-refractivity contribution in [3.63, 3.8) is 0 Å². The number of rotatable bonds is 6. The Kier molecular flexibility index (Phi) is 6.76. The predicted molar refractivity (Wildman–Crippen MR) is 121 cm³/mol. The van der Waals surface area contributed by atoms with Gasteiger partial charge in [-0.25, -0.2) is 5.43 Å². The number of aromatic nitrogens is 3. The fourth-order valence-corrected chi connectivity index (χ4v) is 3.94. The SMILES string of the molecule is O=[N+]([O-])c1ccc(Cl)c(/C=N\Nc2nc(N3CCCCC3)nc(N3CCCCC3)n2)c1. The lowest BCUT2D eigenvalue weighted by Crippen LogP contribution is -2.34. The highest BCUT2D eigenvalue weighted by molar-refractivity contribution is 6.33. The lowest BCUT2D eigenvalue weighted by atomic mass is 10.1. The standard InChI is InChI=1S/C20H25ClN8O2/c21-17-8-7-16(29(30)31)13-15(17)14-22-26-18-23-19(27-9-3-1-4-10-27)25-20(24-18)28-11-5-2-6-12-28/h7-8,13-14H,1-6,9-12H2,(H,23,24,25,26)/b22-14-. The molecule has 2 aromatic rings. The zero-order valence-corrected chi connectivity index (χ0v) is 18.0. The number of hydrogen-bond donors (Lipinski definition) is 1. The molecule has 0 amide bonds. The maximum absolute atomic E-state index is 11.0. The van der Waals surface area contributed by atoms with Gasteiger partial charge in [0.2, 0.25) is 17.8 Å². The smallest absolute Gasteiger partial charge is 0.270 e. The number of nitro benzene ring substituents is 1. The maximum Gasteiger partial charge on any atom is 0.270 e. The molecule has 2 fully saturated rings. The first-order valence-electron chi connectivity index (χ1n) is 10.6. The molecule has 2 aliphatic rings. The van der Waals surface area contributed by atoms with Gasteiger partial charge in [0.05, 0.1) is 11.1 Å². The molecule has 0 spiro atoms. The third kappa shape index (κ3) is 5.38. The van der Waals surface area contributed by atoms with E-state index in [1.165, 1.54) is 37.3 Å². The fourth-order valence-electron chi connectivity index (χ4n) is 3.78. The van der Waals surface area contributed by atoms with Crippen molar-refractivity contribution in [2.75, 3.05) is 41.4 Å². The van der Waals surface area contributed by atoms with Crippen molar-refractivity contribution in [3.8, 4) is 0 Å². The van der Waals surface area contributed by atoms with E-state index >= 15 is 0 Å². The number of nitro groups is 1. The van der Waals surface area contributed by atoms with E-state index in [0.29, 0.717) is 28.4 Å². The summed E-state index contributed by atoms with van der Waals surface area (Å²) in [4.78, 5) is 28.8. The van der Waals surface area contributed by atoms with Crippen LogP contribution in [0.2, 0.25) is 5.02 Å². The van der Waals surface area contributed by atoms with Gasteiger partial charge in [0.25, 0.3) is 5.69 Å². The van der Waals surface area contributed by atoms with E-state index in [2.05, 4.69) is 30.3 Å². The molecule has 4 rings (SSSR count). The fraction of sp³-hybridized carbons (Fsp3) is 0.500. The third-order valence-corrected chi connectivity index (χ3v) is 5.79. The van der Waals surface area contributed by atoms with E-state index < -0.39 is 4.92 Å². The van der Waals surface area contributed by atoms with Crippen molar-refractivity contribution in [1.82, 2.24) is 15.0 Å². The van der Waals surface area contributed by atoms with Crippen molar-refractivity contribution < 1.29 is 4.92 Å². The molecular weight excluding hydrogens is 420 g/mol. The van der Waals surface area contributed by atoms with Crippen LogP contribution in [0.3, 0.4) is 0 Å². The molecular formula is C20H25ClN8O2. The zero-order chi connectivity index (χ0) is 21.6. The van der Waals surface area contributed by atoms with Crippen LogP contribution in [0.15, 0.2) is 23.3 Å². The second kappa shape index (κ2) is 9.86. The largest absolute Gasteiger partial charge is 0.341 e. The van der Waals surface area contributed by atoms with Gasteiger partial charge in [-0.05, 0) is 44.6 Å². The van der Waals surface area contributed by atoms with E-state index in [1.54, 1.807) is 0 Å². The summed E-state index contributed by atoms with van der Waals surface area (Å²) >= 11 is 6.14. The number of anilines is 3. The molecule has 2 saturated heterocycles. The molecule has 3 heterocycles. The molecule has 0 bridgehead atoms. The Bertz CT molecular complexity index is 922. The van der Waals surface area contributed by atoms with E-state index in [4.69, 9.17) is 16.6 Å². The number of nitrogens with one attached hydrogen (secondary N) is 1. The van der Waals surface area contributed by atoms with E-state index in [0.717, 1.165) is 51.9 Å². The minimum atomic E-state index is -0.469. The minimum absolute atomic E-state index is 0.0502. The summed E-state index contributed by atoms with van der Waals surface area (Å²) in [6.45, 7) is 3.70. The predicted octanol–water partition coefficient (Wildman–Crippen LogP) is 3.86. The van der Waals surface area contributed by atoms with Crippen LogP contribution < -0.4 is 15.2 Å². The molecule has 1 aromatic heterocycles. The van der Waals surface area contributed by atoms with Crippen molar-refractivity contribution in [2.24, 2.45) is 5.10 Å². The zero-order valence-electron chi connectivity index (χ0n) is 17.2. The first-order valence-corrected chi connectivity index (χ1v) is 11.0. The van der Waals surface area contributed by atoms with Crippen molar-refractivity contribution in [1.29, 1.82) is 0 Å². The van der Waals surface area contributed by atoms with Crippen LogP contribution in [0.25, 0.3) is 0 Å². The summed E-state index contributed by atoms with van der Waals surface area (Å²) in [5.41, 5.74) is 3.24. The van der Waals surface area contributed by atoms with Gasteiger partial charge in [-0.1, -0.05) is 11.6 Å². The molecule has 1 N–H and O–H groups in total. The van der Waals surface area contributed by atoms with Gasteiger partial charge in [-0.3, -0.25) is 10.1 Å². The quantitative estimate of drug-likeness (QED) is 0.406. The second-order valence-corrected chi connectivity index (χ2v) is 8.09. The van der Waals surface area contributed by atoms with Gasteiger partial charge >= 0.3 is 0 Å². The van der Waals surface area contributed by atoms with Crippen LogP contribution in [0.4, 0.5) is 23.5 Å². The van der Waals surface area contributed by atoms with Crippen LogP contribution in [0, 0.1) is 10.1 Å². The first kappa shape index (κ1) is 21.2. The molecule has 31 heavy (non-hydrogen) atoms. The monoisotopic (exact) mass is 444 g/mol. The molecule has 0 unspecified atom stereocenters. The molecule has 0 radical (unpaired) electrons. The van der Waals surface area contributed by atoms with Crippen LogP contribution in [-0.4, -0.2) is 52.3 Å². The Balaban J connectivity index is 1.57. The third-order valence-electron chi connectivity index (χ3n) is 5.45. The van der Waals surface area contributed by atoms with Crippen molar-refractivity contribution in [2.45, 2.75) is 38.5 Å². The number of halogens is 1. The van der Waals surface area contributed by atoms with Crippen molar-refractivity contribution >= 4 is 41.3 Å². The topological polar surface area (TPSA) is 113 Å². The molecule has 164 valence electrons. The summed E-state index contributed by atoms with van der Waals surface area (Å²) in [6, 6.07) is 4.21. The highest BCUT2D eigenvalue weighted by atomic mass is 35.5. The van der Waals surface area contributed by atoms with Gasteiger partial charge in [0.15, 0.2) is 0 Å². The van der Waals surface area contributed by atoms with Gasteiger partial charge < -0.3 is 9.80 Å². The van der Waals surface area contributed by atoms with E-state index in [1.807, 2.05) is 0 Å². The molecule has 11 heteroatoms. The average molecular weight is 445 g/mol.